The summed E-state index contributed by atoms with van der Waals surface area (Å²) in [4.78, 5) is 27.1. The van der Waals surface area contributed by atoms with Crippen LogP contribution in [0, 0.1) is 0 Å². The second kappa shape index (κ2) is 8.62. The van der Waals surface area contributed by atoms with Crippen LogP contribution in [-0.4, -0.2) is 79.3 Å². The van der Waals surface area contributed by atoms with Gasteiger partial charge in [-0.2, -0.15) is 0 Å². The molecule has 7 nitrogen and oxygen atoms in total. The van der Waals surface area contributed by atoms with Gasteiger partial charge in [-0.1, -0.05) is 24.3 Å². The highest BCUT2D eigenvalue weighted by Crippen LogP contribution is 2.30. The number of amides is 1. The van der Waals surface area contributed by atoms with Crippen LogP contribution in [0.5, 0.6) is 0 Å². The molecule has 26 heavy (non-hydrogen) atoms. The normalized spacial score (nSPS) is 22.9. The van der Waals surface area contributed by atoms with E-state index in [1.54, 1.807) is 11.9 Å². The summed E-state index contributed by atoms with van der Waals surface area (Å²) in [6.07, 6.45) is 0.852. The number of morpholine rings is 1. The van der Waals surface area contributed by atoms with Crippen LogP contribution in [0.4, 0.5) is 0 Å². The van der Waals surface area contributed by atoms with Crippen LogP contribution < -0.4 is 0 Å². The maximum absolute atomic E-state index is 12.8. The number of benzene rings is 1. The van der Waals surface area contributed by atoms with Gasteiger partial charge >= 0.3 is 5.97 Å². The minimum atomic E-state index is -0.871. The van der Waals surface area contributed by atoms with E-state index in [-0.39, 0.29) is 24.7 Å². The molecule has 0 bridgehead atoms. The maximum Gasteiger partial charge on any atom is 0.317 e. The monoisotopic (exact) mass is 362 g/mol. The van der Waals surface area contributed by atoms with Crippen molar-refractivity contribution < 1.29 is 24.2 Å². The summed E-state index contributed by atoms with van der Waals surface area (Å²) >= 11 is 0. The van der Waals surface area contributed by atoms with E-state index < -0.39 is 5.97 Å². The van der Waals surface area contributed by atoms with Gasteiger partial charge < -0.3 is 19.5 Å². The van der Waals surface area contributed by atoms with Crippen LogP contribution >= 0.6 is 0 Å². The molecule has 1 aromatic carbocycles. The predicted molar refractivity (Wildman–Crippen MR) is 94.9 cm³/mol. The number of rotatable bonds is 6. The highest BCUT2D eigenvalue weighted by molar-refractivity contribution is 5.77. The molecule has 1 fully saturated rings. The van der Waals surface area contributed by atoms with E-state index in [0.717, 1.165) is 12.0 Å². The molecule has 2 heterocycles. The summed E-state index contributed by atoms with van der Waals surface area (Å²) in [5, 5.41) is 8.86. The van der Waals surface area contributed by atoms with Crippen molar-refractivity contribution in [3.8, 4) is 0 Å². The summed E-state index contributed by atoms with van der Waals surface area (Å²) in [5.41, 5.74) is 2.37. The third-order valence-corrected chi connectivity index (χ3v) is 4.86. The smallest absolute Gasteiger partial charge is 0.317 e. The van der Waals surface area contributed by atoms with Crippen LogP contribution in [0.3, 0.4) is 0 Å². The van der Waals surface area contributed by atoms with Gasteiger partial charge in [0.25, 0.3) is 0 Å². The average molecular weight is 362 g/mol. The summed E-state index contributed by atoms with van der Waals surface area (Å²) in [6, 6.07) is 8.13. The quantitative estimate of drug-likeness (QED) is 0.811. The Morgan fingerprint density at radius 2 is 2.08 bits per heavy atom. The molecule has 0 aliphatic carbocycles. The highest BCUT2D eigenvalue weighted by atomic mass is 16.5. The first-order valence-corrected chi connectivity index (χ1v) is 9.02. The van der Waals surface area contributed by atoms with Crippen molar-refractivity contribution in [2.24, 2.45) is 0 Å². The van der Waals surface area contributed by atoms with Crippen molar-refractivity contribution in [1.29, 1.82) is 0 Å². The standard InChI is InChI=1S/C19H26N2O5/c1-20(13-19(23)24)11-15-12-21(7-9-25-15)18(22)10-17-16-5-3-2-4-14(16)6-8-26-17/h2-5,15,17H,6-13H2,1H3,(H,23,24)/t15-,17+/m0/s1. The van der Waals surface area contributed by atoms with Gasteiger partial charge in [0, 0.05) is 19.6 Å². The number of hydrogen-bond acceptors (Lipinski definition) is 5. The molecule has 1 aromatic rings. The van der Waals surface area contributed by atoms with Crippen molar-refractivity contribution in [2.75, 3.05) is 46.4 Å². The fourth-order valence-electron chi connectivity index (χ4n) is 3.63. The van der Waals surface area contributed by atoms with E-state index >= 15 is 0 Å². The molecule has 1 saturated heterocycles. The molecule has 0 saturated carbocycles. The lowest BCUT2D eigenvalue weighted by atomic mass is 9.95. The third kappa shape index (κ3) is 4.81. The largest absolute Gasteiger partial charge is 0.480 e. The topological polar surface area (TPSA) is 79.3 Å². The zero-order valence-electron chi connectivity index (χ0n) is 15.1. The van der Waals surface area contributed by atoms with Crippen LogP contribution in [0.15, 0.2) is 24.3 Å². The molecule has 0 aromatic heterocycles. The van der Waals surface area contributed by atoms with E-state index in [1.807, 2.05) is 23.1 Å². The zero-order valence-corrected chi connectivity index (χ0v) is 15.1. The minimum absolute atomic E-state index is 0.0412. The maximum atomic E-state index is 12.8. The number of carbonyl (C=O) groups is 2. The Labute approximate surface area is 153 Å². The van der Waals surface area contributed by atoms with E-state index in [2.05, 4.69) is 6.07 Å². The Bertz CT molecular complexity index is 651. The molecule has 7 heteroatoms. The zero-order chi connectivity index (χ0) is 18.5. The van der Waals surface area contributed by atoms with Crippen molar-refractivity contribution in [2.45, 2.75) is 25.0 Å². The van der Waals surface area contributed by atoms with Crippen LogP contribution in [0.1, 0.15) is 23.7 Å². The molecule has 3 rings (SSSR count). The van der Waals surface area contributed by atoms with E-state index in [0.29, 0.717) is 39.3 Å². The first kappa shape index (κ1) is 18.8. The lowest BCUT2D eigenvalue weighted by Crippen LogP contribution is -2.50. The molecule has 0 unspecified atom stereocenters. The molecule has 1 N–H and O–H groups in total. The third-order valence-electron chi connectivity index (χ3n) is 4.86. The van der Waals surface area contributed by atoms with Crippen LogP contribution in [0.2, 0.25) is 0 Å². The number of ether oxygens (including phenoxy) is 2. The van der Waals surface area contributed by atoms with Gasteiger partial charge in [0.2, 0.25) is 5.91 Å². The van der Waals surface area contributed by atoms with E-state index in [9.17, 15) is 9.59 Å². The molecule has 142 valence electrons. The number of aliphatic carboxylic acids is 1. The SMILES string of the molecule is CN(CC(=O)O)C[C@H]1CN(C(=O)C[C@H]2OCCc3ccccc32)CCO1. The first-order chi connectivity index (χ1) is 12.5. The molecule has 2 aliphatic rings. The van der Waals surface area contributed by atoms with Crippen LogP contribution in [-0.2, 0) is 25.5 Å². The van der Waals surface area contributed by atoms with Gasteiger partial charge in [-0.3, -0.25) is 14.5 Å². The Hall–Kier alpha value is -1.96. The highest BCUT2D eigenvalue weighted by Gasteiger charge is 2.29. The number of carbonyl (C=O) groups excluding carboxylic acids is 1. The molecular formula is C19H26N2O5. The number of likely N-dealkylation sites (N-methyl/N-ethyl adjacent to an activating group) is 1. The second-order valence-electron chi connectivity index (χ2n) is 6.94. The molecule has 0 spiro atoms. The number of hydrogen-bond donors (Lipinski definition) is 1. The lowest BCUT2D eigenvalue weighted by molar-refractivity contribution is -0.144. The Morgan fingerprint density at radius 3 is 2.88 bits per heavy atom. The van der Waals surface area contributed by atoms with E-state index in [4.69, 9.17) is 14.6 Å². The average Bonchev–Trinajstić information content (AvgIpc) is 2.61. The first-order valence-electron chi connectivity index (χ1n) is 9.02. The Kier molecular flexibility index (Phi) is 6.24. The van der Waals surface area contributed by atoms with Gasteiger partial charge in [0.1, 0.15) is 0 Å². The summed E-state index contributed by atoms with van der Waals surface area (Å²) < 4.78 is 11.5. The molecule has 2 atom stereocenters. The van der Waals surface area contributed by atoms with Crippen LogP contribution in [0.25, 0.3) is 0 Å². The molecule has 1 amide bonds. The van der Waals surface area contributed by atoms with Crippen molar-refractivity contribution in [1.82, 2.24) is 9.80 Å². The second-order valence-corrected chi connectivity index (χ2v) is 6.94. The number of fused-ring (bicyclic) bond motifs is 1. The fraction of sp³-hybridized carbons (Fsp3) is 0.579. The molecule has 0 radical (unpaired) electrons. The van der Waals surface area contributed by atoms with Crippen molar-refractivity contribution in [3.63, 3.8) is 0 Å². The Balaban J connectivity index is 1.56. The predicted octanol–water partition coefficient (Wildman–Crippen LogP) is 0.934. The summed E-state index contributed by atoms with van der Waals surface area (Å²) in [5.74, 6) is -0.815. The number of nitrogens with zero attached hydrogens (tertiary/aromatic N) is 2. The minimum Gasteiger partial charge on any atom is -0.480 e. The molecular weight excluding hydrogens is 336 g/mol. The Morgan fingerprint density at radius 1 is 1.27 bits per heavy atom. The van der Waals surface area contributed by atoms with Gasteiger partial charge in [-0.05, 0) is 24.6 Å². The van der Waals surface area contributed by atoms with Gasteiger partial charge in [0.15, 0.2) is 0 Å². The van der Waals surface area contributed by atoms with Gasteiger partial charge in [-0.25, -0.2) is 0 Å². The van der Waals surface area contributed by atoms with Gasteiger partial charge in [-0.15, -0.1) is 0 Å². The lowest BCUT2D eigenvalue weighted by Gasteiger charge is -2.35. The van der Waals surface area contributed by atoms with Crippen molar-refractivity contribution >= 4 is 11.9 Å². The molecule has 2 aliphatic heterocycles. The van der Waals surface area contributed by atoms with E-state index in [1.165, 1.54) is 5.56 Å². The number of carboxylic acids is 1. The van der Waals surface area contributed by atoms with Gasteiger partial charge in [0.05, 0.1) is 38.4 Å². The van der Waals surface area contributed by atoms with Crippen molar-refractivity contribution in [3.05, 3.63) is 35.4 Å². The summed E-state index contributed by atoms with van der Waals surface area (Å²) in [6.45, 7) is 2.60. The fourth-order valence-corrected chi connectivity index (χ4v) is 3.63. The number of carboxylic acid groups (broad SMARTS) is 1. The summed E-state index contributed by atoms with van der Waals surface area (Å²) in [7, 11) is 1.74.